The lowest BCUT2D eigenvalue weighted by Crippen LogP contribution is -2.14. The molecular weight excluding hydrogens is 446 g/mol. The van der Waals surface area contributed by atoms with Gasteiger partial charge in [-0.1, -0.05) is 11.6 Å². The Morgan fingerprint density at radius 2 is 1.70 bits per heavy atom. The lowest BCUT2D eigenvalue weighted by molar-refractivity contribution is -0.116. The Labute approximate surface area is 189 Å². The molecule has 1 aromatic carbocycles. The standard InChI is InChI=1S/C21H24ClNO5S2/c1-4-27-20(25)17-13(3)18(21(26)28-5-2)30-19(17)23-16(24)7-6-12-29-15-10-8-14(22)9-11-15/h8-11H,4-7,12H2,1-3H3,(H,23,24). The number of anilines is 1. The summed E-state index contributed by atoms with van der Waals surface area (Å²) < 4.78 is 10.1. The predicted octanol–water partition coefficient (Wildman–Crippen LogP) is 5.57. The molecule has 2 aromatic rings. The first-order valence-electron chi connectivity index (χ1n) is 9.53. The highest BCUT2D eigenvalue weighted by Crippen LogP contribution is 2.34. The first-order valence-corrected chi connectivity index (χ1v) is 11.7. The third-order valence-electron chi connectivity index (χ3n) is 3.97. The van der Waals surface area contributed by atoms with Crippen LogP contribution in [0.15, 0.2) is 29.2 Å². The first kappa shape index (κ1) is 24.2. The van der Waals surface area contributed by atoms with Crippen LogP contribution in [0, 0.1) is 6.92 Å². The van der Waals surface area contributed by atoms with Crippen LogP contribution in [0.2, 0.25) is 5.02 Å². The molecule has 0 bridgehead atoms. The van der Waals surface area contributed by atoms with Crippen LogP contribution in [-0.2, 0) is 14.3 Å². The van der Waals surface area contributed by atoms with E-state index in [0.717, 1.165) is 22.0 Å². The maximum Gasteiger partial charge on any atom is 0.348 e. The second kappa shape index (κ2) is 12.0. The van der Waals surface area contributed by atoms with Crippen molar-refractivity contribution in [3.63, 3.8) is 0 Å². The Morgan fingerprint density at radius 1 is 1.07 bits per heavy atom. The highest BCUT2D eigenvalue weighted by Gasteiger charge is 2.27. The molecule has 162 valence electrons. The molecule has 0 aliphatic rings. The number of carbonyl (C=O) groups excluding carboxylic acids is 3. The summed E-state index contributed by atoms with van der Waals surface area (Å²) in [6.45, 7) is 5.46. The van der Waals surface area contributed by atoms with Crippen LogP contribution in [0.5, 0.6) is 0 Å². The average Bonchev–Trinajstić information content (AvgIpc) is 3.03. The van der Waals surface area contributed by atoms with Crippen molar-refractivity contribution >= 4 is 57.5 Å². The van der Waals surface area contributed by atoms with E-state index in [0.29, 0.717) is 22.0 Å². The summed E-state index contributed by atoms with van der Waals surface area (Å²) in [4.78, 5) is 38.3. The number of hydrogen-bond acceptors (Lipinski definition) is 7. The van der Waals surface area contributed by atoms with Gasteiger partial charge in [-0.3, -0.25) is 4.79 Å². The molecule has 9 heteroatoms. The maximum atomic E-state index is 12.4. The van der Waals surface area contributed by atoms with Crippen LogP contribution >= 0.6 is 34.7 Å². The molecule has 0 fully saturated rings. The number of benzene rings is 1. The van der Waals surface area contributed by atoms with Crippen molar-refractivity contribution in [3.05, 3.63) is 45.3 Å². The summed E-state index contributed by atoms with van der Waals surface area (Å²) in [5.74, 6) is -0.563. The molecule has 1 aromatic heterocycles. The van der Waals surface area contributed by atoms with Crippen molar-refractivity contribution in [2.24, 2.45) is 0 Å². The van der Waals surface area contributed by atoms with Gasteiger partial charge < -0.3 is 14.8 Å². The third kappa shape index (κ3) is 6.75. The van der Waals surface area contributed by atoms with E-state index < -0.39 is 11.9 Å². The molecule has 0 radical (unpaired) electrons. The zero-order chi connectivity index (χ0) is 22.1. The smallest absolute Gasteiger partial charge is 0.348 e. The normalized spacial score (nSPS) is 10.5. The summed E-state index contributed by atoms with van der Waals surface area (Å²) >= 11 is 8.54. The fourth-order valence-corrected chi connectivity index (χ4v) is 4.67. The van der Waals surface area contributed by atoms with Gasteiger partial charge in [0.2, 0.25) is 5.91 Å². The van der Waals surface area contributed by atoms with E-state index in [1.165, 1.54) is 0 Å². The van der Waals surface area contributed by atoms with Gasteiger partial charge in [0, 0.05) is 16.3 Å². The van der Waals surface area contributed by atoms with Crippen molar-refractivity contribution in [1.82, 2.24) is 0 Å². The number of rotatable bonds is 10. The first-order chi connectivity index (χ1) is 14.4. The second-order valence-corrected chi connectivity index (χ2v) is 8.78. The molecule has 0 saturated carbocycles. The van der Waals surface area contributed by atoms with Crippen LogP contribution in [-0.4, -0.2) is 36.8 Å². The van der Waals surface area contributed by atoms with Gasteiger partial charge >= 0.3 is 11.9 Å². The molecule has 6 nitrogen and oxygen atoms in total. The van der Waals surface area contributed by atoms with Crippen molar-refractivity contribution < 1.29 is 23.9 Å². The number of thioether (sulfide) groups is 1. The minimum atomic E-state index is -0.574. The monoisotopic (exact) mass is 469 g/mol. The van der Waals surface area contributed by atoms with Gasteiger partial charge in [-0.2, -0.15) is 0 Å². The molecule has 0 aliphatic carbocycles. The number of carbonyl (C=O) groups is 3. The van der Waals surface area contributed by atoms with E-state index in [9.17, 15) is 14.4 Å². The second-order valence-electron chi connectivity index (χ2n) is 6.16. The van der Waals surface area contributed by atoms with Gasteiger partial charge in [0.1, 0.15) is 9.88 Å². The molecule has 1 N–H and O–H groups in total. The fraction of sp³-hybridized carbons (Fsp3) is 0.381. The van der Waals surface area contributed by atoms with Crippen LogP contribution in [0.25, 0.3) is 0 Å². The number of thiophene rings is 1. The van der Waals surface area contributed by atoms with Crippen molar-refractivity contribution in [2.75, 3.05) is 24.3 Å². The molecule has 0 aliphatic heterocycles. The Balaban J connectivity index is 2.01. The molecular formula is C21H24ClNO5S2. The zero-order valence-electron chi connectivity index (χ0n) is 17.1. The molecule has 0 unspecified atom stereocenters. The third-order valence-corrected chi connectivity index (χ3v) is 6.51. The number of amides is 1. The fourth-order valence-electron chi connectivity index (χ4n) is 2.58. The van der Waals surface area contributed by atoms with E-state index in [-0.39, 0.29) is 36.0 Å². The Hall–Kier alpha value is -2.03. The van der Waals surface area contributed by atoms with Gasteiger partial charge in [-0.25, -0.2) is 9.59 Å². The Bertz CT molecular complexity index is 896. The van der Waals surface area contributed by atoms with E-state index >= 15 is 0 Å². The SMILES string of the molecule is CCOC(=O)c1sc(NC(=O)CCCSc2ccc(Cl)cc2)c(C(=O)OCC)c1C. The molecule has 1 amide bonds. The lowest BCUT2D eigenvalue weighted by Gasteiger charge is -2.07. The van der Waals surface area contributed by atoms with Gasteiger partial charge in [-0.05, 0) is 62.8 Å². The largest absolute Gasteiger partial charge is 0.462 e. The van der Waals surface area contributed by atoms with Crippen molar-refractivity contribution in [3.8, 4) is 0 Å². The van der Waals surface area contributed by atoms with Gasteiger partial charge in [0.15, 0.2) is 0 Å². The minimum absolute atomic E-state index is 0.193. The summed E-state index contributed by atoms with van der Waals surface area (Å²) in [6, 6.07) is 7.52. The van der Waals surface area contributed by atoms with E-state index in [1.807, 2.05) is 24.3 Å². The molecule has 1 heterocycles. The van der Waals surface area contributed by atoms with Crippen LogP contribution in [0.1, 0.15) is 52.3 Å². The van der Waals surface area contributed by atoms with Crippen molar-refractivity contribution in [1.29, 1.82) is 0 Å². The predicted molar refractivity (Wildman–Crippen MR) is 121 cm³/mol. The van der Waals surface area contributed by atoms with Crippen LogP contribution in [0.3, 0.4) is 0 Å². The molecule has 30 heavy (non-hydrogen) atoms. The summed E-state index contributed by atoms with van der Waals surface area (Å²) in [7, 11) is 0. The Kier molecular flexibility index (Phi) is 9.68. The number of ether oxygens (including phenoxy) is 2. The van der Waals surface area contributed by atoms with E-state index in [1.54, 1.807) is 32.5 Å². The van der Waals surface area contributed by atoms with Gasteiger partial charge in [0.05, 0.1) is 18.8 Å². The van der Waals surface area contributed by atoms with Crippen molar-refractivity contribution in [2.45, 2.75) is 38.5 Å². The molecule has 0 spiro atoms. The van der Waals surface area contributed by atoms with Gasteiger partial charge in [0.25, 0.3) is 0 Å². The number of esters is 2. The minimum Gasteiger partial charge on any atom is -0.462 e. The highest BCUT2D eigenvalue weighted by molar-refractivity contribution is 7.99. The number of halogens is 1. The van der Waals surface area contributed by atoms with E-state index in [4.69, 9.17) is 21.1 Å². The average molecular weight is 470 g/mol. The lowest BCUT2D eigenvalue weighted by atomic mass is 10.1. The number of hydrogen-bond donors (Lipinski definition) is 1. The maximum absolute atomic E-state index is 12.4. The van der Waals surface area contributed by atoms with Crippen LogP contribution in [0.4, 0.5) is 5.00 Å². The highest BCUT2D eigenvalue weighted by atomic mass is 35.5. The summed E-state index contributed by atoms with van der Waals surface area (Å²) in [5.41, 5.74) is 0.652. The Morgan fingerprint density at radius 3 is 2.33 bits per heavy atom. The number of nitrogens with one attached hydrogen (secondary N) is 1. The van der Waals surface area contributed by atoms with Crippen LogP contribution < -0.4 is 5.32 Å². The molecule has 2 rings (SSSR count). The zero-order valence-corrected chi connectivity index (χ0v) is 19.5. The molecule has 0 atom stereocenters. The van der Waals surface area contributed by atoms with E-state index in [2.05, 4.69) is 5.32 Å². The van der Waals surface area contributed by atoms with Gasteiger partial charge in [-0.15, -0.1) is 23.1 Å². The molecule has 0 saturated heterocycles. The summed E-state index contributed by atoms with van der Waals surface area (Å²) in [6.07, 6.45) is 0.942. The topological polar surface area (TPSA) is 81.7 Å². The quantitative estimate of drug-likeness (QED) is 0.278. The summed E-state index contributed by atoms with van der Waals surface area (Å²) in [5, 5.41) is 3.75.